The first kappa shape index (κ1) is 12.8. The fourth-order valence-electron chi connectivity index (χ4n) is 2.44. The van der Waals surface area contributed by atoms with Crippen LogP contribution in [0.2, 0.25) is 0 Å². The zero-order valence-electron chi connectivity index (χ0n) is 11.2. The molecule has 0 atom stereocenters. The van der Waals surface area contributed by atoms with Gasteiger partial charge in [0.15, 0.2) is 0 Å². The fourth-order valence-corrected chi connectivity index (χ4v) is 3.18. The molecule has 0 aliphatic carbocycles. The molecule has 1 aliphatic heterocycles. The van der Waals surface area contributed by atoms with E-state index in [9.17, 15) is 0 Å². The molecule has 4 heteroatoms. The van der Waals surface area contributed by atoms with E-state index in [1.165, 1.54) is 16.7 Å². The van der Waals surface area contributed by atoms with Gasteiger partial charge in [0.25, 0.3) is 0 Å². The standard InChI is InChI=1S/C15H19N3S/c1-11-10-19-15(18-11)9-17-7-12-2-3-13-4-5-16-8-14(13)6-12/h2-3,6,10,16-17H,4-5,7-9H2,1H3. The average molecular weight is 273 g/mol. The molecular weight excluding hydrogens is 254 g/mol. The minimum absolute atomic E-state index is 0.855. The third-order valence-corrected chi connectivity index (χ3v) is 4.40. The van der Waals surface area contributed by atoms with E-state index in [0.717, 1.165) is 43.3 Å². The molecule has 0 saturated heterocycles. The summed E-state index contributed by atoms with van der Waals surface area (Å²) in [6.45, 7) is 5.92. The Bertz CT molecular complexity index is 562. The normalized spacial score (nSPS) is 14.4. The number of benzene rings is 1. The second-order valence-electron chi connectivity index (χ2n) is 5.02. The van der Waals surface area contributed by atoms with Crippen LogP contribution in [0.3, 0.4) is 0 Å². The Labute approximate surface area is 118 Å². The van der Waals surface area contributed by atoms with Gasteiger partial charge in [0.1, 0.15) is 5.01 Å². The molecule has 0 bridgehead atoms. The van der Waals surface area contributed by atoms with Crippen LogP contribution in [0, 0.1) is 6.92 Å². The summed E-state index contributed by atoms with van der Waals surface area (Å²) >= 11 is 1.72. The number of rotatable bonds is 4. The summed E-state index contributed by atoms with van der Waals surface area (Å²) in [6, 6.07) is 6.84. The van der Waals surface area contributed by atoms with Gasteiger partial charge in [-0.25, -0.2) is 4.98 Å². The van der Waals surface area contributed by atoms with Crippen molar-refractivity contribution in [2.45, 2.75) is 33.0 Å². The average Bonchev–Trinajstić information content (AvgIpc) is 2.84. The number of fused-ring (bicyclic) bond motifs is 1. The quantitative estimate of drug-likeness (QED) is 0.898. The van der Waals surface area contributed by atoms with Crippen LogP contribution in [0.15, 0.2) is 23.6 Å². The lowest BCUT2D eigenvalue weighted by Gasteiger charge is -2.18. The predicted molar refractivity (Wildman–Crippen MR) is 79.2 cm³/mol. The molecule has 19 heavy (non-hydrogen) atoms. The summed E-state index contributed by atoms with van der Waals surface area (Å²) in [5, 5.41) is 10.2. The molecule has 0 spiro atoms. The second-order valence-corrected chi connectivity index (χ2v) is 5.96. The summed E-state index contributed by atoms with van der Waals surface area (Å²) in [5.41, 5.74) is 5.42. The van der Waals surface area contributed by atoms with Crippen LogP contribution in [0.25, 0.3) is 0 Å². The molecule has 100 valence electrons. The highest BCUT2D eigenvalue weighted by atomic mass is 32.1. The van der Waals surface area contributed by atoms with E-state index in [0.29, 0.717) is 0 Å². The molecule has 1 aromatic carbocycles. The van der Waals surface area contributed by atoms with Gasteiger partial charge < -0.3 is 10.6 Å². The number of aromatic nitrogens is 1. The first-order valence-electron chi connectivity index (χ1n) is 6.74. The number of aryl methyl sites for hydroxylation is 1. The largest absolute Gasteiger partial charge is 0.312 e. The number of nitrogens with one attached hydrogen (secondary N) is 2. The molecule has 0 radical (unpaired) electrons. The lowest BCUT2D eigenvalue weighted by Crippen LogP contribution is -2.24. The molecule has 1 aliphatic rings. The minimum Gasteiger partial charge on any atom is -0.312 e. The molecule has 2 aromatic rings. The topological polar surface area (TPSA) is 37.0 Å². The molecule has 3 rings (SSSR count). The molecule has 2 heterocycles. The van der Waals surface area contributed by atoms with Crippen molar-refractivity contribution in [1.29, 1.82) is 0 Å². The summed E-state index contributed by atoms with van der Waals surface area (Å²) < 4.78 is 0. The zero-order valence-corrected chi connectivity index (χ0v) is 12.0. The van der Waals surface area contributed by atoms with Gasteiger partial charge >= 0.3 is 0 Å². The molecule has 1 aromatic heterocycles. The van der Waals surface area contributed by atoms with E-state index in [1.807, 2.05) is 6.92 Å². The lowest BCUT2D eigenvalue weighted by atomic mass is 9.98. The van der Waals surface area contributed by atoms with Crippen molar-refractivity contribution >= 4 is 11.3 Å². The first-order chi connectivity index (χ1) is 9.31. The van der Waals surface area contributed by atoms with E-state index in [1.54, 1.807) is 11.3 Å². The SMILES string of the molecule is Cc1csc(CNCc2ccc3c(c2)CNCC3)n1. The number of nitrogens with zero attached hydrogens (tertiary/aromatic N) is 1. The first-order valence-corrected chi connectivity index (χ1v) is 7.62. The number of thiazole rings is 1. The smallest absolute Gasteiger partial charge is 0.107 e. The highest BCUT2D eigenvalue weighted by Crippen LogP contribution is 2.16. The van der Waals surface area contributed by atoms with Gasteiger partial charge in [-0.2, -0.15) is 0 Å². The van der Waals surface area contributed by atoms with Crippen LogP contribution >= 0.6 is 11.3 Å². The lowest BCUT2D eigenvalue weighted by molar-refractivity contribution is 0.639. The molecule has 2 N–H and O–H groups in total. The Morgan fingerprint density at radius 2 is 2.26 bits per heavy atom. The van der Waals surface area contributed by atoms with Crippen LogP contribution in [-0.4, -0.2) is 11.5 Å². The fraction of sp³-hybridized carbons (Fsp3) is 0.400. The van der Waals surface area contributed by atoms with Crippen LogP contribution < -0.4 is 10.6 Å². The van der Waals surface area contributed by atoms with Crippen LogP contribution in [-0.2, 0) is 26.1 Å². The van der Waals surface area contributed by atoms with Crippen LogP contribution in [0.5, 0.6) is 0 Å². The molecule has 0 fully saturated rings. The van der Waals surface area contributed by atoms with E-state index < -0.39 is 0 Å². The van der Waals surface area contributed by atoms with Gasteiger partial charge in [-0.15, -0.1) is 11.3 Å². The van der Waals surface area contributed by atoms with Gasteiger partial charge in [-0.3, -0.25) is 0 Å². The van der Waals surface area contributed by atoms with Crippen molar-refractivity contribution in [2.75, 3.05) is 6.54 Å². The van der Waals surface area contributed by atoms with Gasteiger partial charge in [0, 0.05) is 30.7 Å². The Morgan fingerprint density at radius 1 is 1.32 bits per heavy atom. The predicted octanol–water partition coefficient (Wildman–Crippen LogP) is 2.39. The highest BCUT2D eigenvalue weighted by molar-refractivity contribution is 7.09. The molecule has 3 nitrogen and oxygen atoms in total. The Hall–Kier alpha value is -1.23. The van der Waals surface area contributed by atoms with Crippen LogP contribution in [0.4, 0.5) is 0 Å². The van der Waals surface area contributed by atoms with Gasteiger partial charge in [-0.1, -0.05) is 18.2 Å². The number of hydrogen-bond donors (Lipinski definition) is 2. The van der Waals surface area contributed by atoms with Gasteiger partial charge in [-0.05, 0) is 36.6 Å². The summed E-state index contributed by atoms with van der Waals surface area (Å²) in [7, 11) is 0. The molecular formula is C15H19N3S. The number of hydrogen-bond acceptors (Lipinski definition) is 4. The molecule has 0 amide bonds. The van der Waals surface area contributed by atoms with E-state index >= 15 is 0 Å². The second kappa shape index (κ2) is 5.82. The Balaban J connectivity index is 1.58. The maximum atomic E-state index is 4.46. The summed E-state index contributed by atoms with van der Waals surface area (Å²) in [4.78, 5) is 4.46. The minimum atomic E-state index is 0.855. The van der Waals surface area contributed by atoms with Crippen molar-refractivity contribution in [1.82, 2.24) is 15.6 Å². The monoisotopic (exact) mass is 273 g/mol. The highest BCUT2D eigenvalue weighted by Gasteiger charge is 2.08. The third-order valence-electron chi connectivity index (χ3n) is 3.43. The Morgan fingerprint density at radius 3 is 3.11 bits per heavy atom. The Kier molecular flexibility index (Phi) is 3.92. The van der Waals surface area contributed by atoms with Gasteiger partial charge in [0.05, 0.1) is 0 Å². The van der Waals surface area contributed by atoms with Crippen molar-refractivity contribution in [3.63, 3.8) is 0 Å². The van der Waals surface area contributed by atoms with E-state index in [-0.39, 0.29) is 0 Å². The van der Waals surface area contributed by atoms with E-state index in [2.05, 4.69) is 39.2 Å². The van der Waals surface area contributed by atoms with Crippen molar-refractivity contribution in [3.05, 3.63) is 51.0 Å². The maximum Gasteiger partial charge on any atom is 0.107 e. The third kappa shape index (κ3) is 3.21. The molecule has 0 saturated carbocycles. The van der Waals surface area contributed by atoms with Crippen LogP contribution in [0.1, 0.15) is 27.4 Å². The maximum absolute atomic E-state index is 4.46. The van der Waals surface area contributed by atoms with Crippen molar-refractivity contribution in [3.8, 4) is 0 Å². The zero-order chi connectivity index (χ0) is 13.1. The summed E-state index contributed by atoms with van der Waals surface area (Å²) in [5.74, 6) is 0. The van der Waals surface area contributed by atoms with Crippen molar-refractivity contribution in [2.24, 2.45) is 0 Å². The summed E-state index contributed by atoms with van der Waals surface area (Å²) in [6.07, 6.45) is 1.15. The van der Waals surface area contributed by atoms with Crippen molar-refractivity contribution < 1.29 is 0 Å². The van der Waals surface area contributed by atoms with E-state index in [4.69, 9.17) is 0 Å². The molecule has 0 unspecified atom stereocenters. The van der Waals surface area contributed by atoms with Gasteiger partial charge in [0.2, 0.25) is 0 Å².